The molecule has 0 aliphatic carbocycles. The molecule has 2 aromatic rings. The molecule has 0 aliphatic rings. The van der Waals surface area contributed by atoms with E-state index in [-0.39, 0.29) is 24.3 Å². The van der Waals surface area contributed by atoms with Gasteiger partial charge < -0.3 is 11.5 Å². The number of nitrogen functional groups attached to an aromatic ring is 2. The molecule has 0 saturated heterocycles. The minimum atomic E-state index is 0.112. The zero-order chi connectivity index (χ0) is 12.0. The molecule has 0 spiro atoms. The van der Waals surface area contributed by atoms with Crippen LogP contribution in [-0.4, -0.2) is 32.5 Å². The Morgan fingerprint density at radius 1 is 1.00 bits per heavy atom. The van der Waals surface area contributed by atoms with Crippen LogP contribution in [-0.2, 0) is 9.59 Å². The molecule has 0 aromatic carbocycles. The standard InChI is InChI=1S/C6H6N6.C2H2O2/c7-4-3-5(10-2-1-9-3)12-6(8)11-4;3-1-2-4/h1-2H,(H4,7,8,10,11,12);1-2H. The summed E-state index contributed by atoms with van der Waals surface area (Å²) in [4.78, 5) is 33.1. The highest BCUT2D eigenvalue weighted by atomic mass is 16.2. The molecule has 0 atom stereocenters. The van der Waals surface area contributed by atoms with Crippen LogP contribution in [0.15, 0.2) is 12.4 Å². The summed E-state index contributed by atoms with van der Waals surface area (Å²) < 4.78 is 0. The molecule has 0 unspecified atom stereocenters. The van der Waals surface area contributed by atoms with E-state index >= 15 is 0 Å². The molecule has 0 saturated carbocycles. The average Bonchev–Trinajstić information content (AvgIpc) is 2.29. The normalized spacial score (nSPS) is 9.00. The molecule has 0 radical (unpaired) electrons. The van der Waals surface area contributed by atoms with Crippen molar-refractivity contribution in [3.8, 4) is 0 Å². The van der Waals surface area contributed by atoms with E-state index in [2.05, 4.69) is 19.9 Å². The fourth-order valence-corrected chi connectivity index (χ4v) is 0.903. The van der Waals surface area contributed by atoms with Gasteiger partial charge in [-0.2, -0.15) is 9.97 Å². The third-order valence-electron chi connectivity index (χ3n) is 1.43. The highest BCUT2D eigenvalue weighted by molar-refractivity contribution is 6.09. The maximum absolute atomic E-state index is 8.81. The number of carbonyl (C=O) groups excluding carboxylic acids is 2. The number of aldehydes is 2. The minimum absolute atomic E-state index is 0.112. The van der Waals surface area contributed by atoms with Gasteiger partial charge in [0.05, 0.1) is 0 Å². The third-order valence-corrected chi connectivity index (χ3v) is 1.43. The highest BCUT2D eigenvalue weighted by Gasteiger charge is 2.03. The van der Waals surface area contributed by atoms with Crippen molar-refractivity contribution in [2.45, 2.75) is 0 Å². The second-order valence-corrected chi connectivity index (χ2v) is 2.47. The molecule has 0 aliphatic heterocycles. The zero-order valence-electron chi connectivity index (χ0n) is 8.07. The largest absolute Gasteiger partial charge is 0.382 e. The molecule has 0 bridgehead atoms. The van der Waals surface area contributed by atoms with Crippen LogP contribution >= 0.6 is 0 Å². The Morgan fingerprint density at radius 3 is 2.25 bits per heavy atom. The number of hydrogen-bond donors (Lipinski definition) is 2. The molecule has 8 nitrogen and oxygen atoms in total. The Kier molecular flexibility index (Phi) is 3.78. The molecule has 16 heavy (non-hydrogen) atoms. The van der Waals surface area contributed by atoms with Crippen LogP contribution in [0.2, 0.25) is 0 Å². The van der Waals surface area contributed by atoms with Crippen molar-refractivity contribution in [2.75, 3.05) is 11.5 Å². The summed E-state index contributed by atoms with van der Waals surface area (Å²) in [5.41, 5.74) is 11.8. The van der Waals surface area contributed by atoms with Gasteiger partial charge in [-0.3, -0.25) is 9.59 Å². The number of anilines is 2. The maximum Gasteiger partial charge on any atom is 0.224 e. The fraction of sp³-hybridized carbons (Fsp3) is 0. The van der Waals surface area contributed by atoms with Crippen LogP contribution in [0, 0.1) is 0 Å². The van der Waals surface area contributed by atoms with Crippen LogP contribution in [0.1, 0.15) is 0 Å². The number of fused-ring (bicyclic) bond motifs is 1. The SMILES string of the molecule is Nc1nc(N)c2nccnc2n1.O=CC=O. The van der Waals surface area contributed by atoms with Gasteiger partial charge in [0, 0.05) is 12.4 Å². The van der Waals surface area contributed by atoms with E-state index in [1.807, 2.05) is 0 Å². The van der Waals surface area contributed by atoms with Crippen LogP contribution in [0.5, 0.6) is 0 Å². The third kappa shape index (κ3) is 2.67. The van der Waals surface area contributed by atoms with E-state index in [0.29, 0.717) is 11.2 Å². The summed E-state index contributed by atoms with van der Waals surface area (Å²) in [6.45, 7) is 0. The predicted octanol–water partition coefficient (Wildman–Crippen LogP) is -1.03. The van der Waals surface area contributed by atoms with Gasteiger partial charge in [-0.25, -0.2) is 9.97 Å². The molecule has 2 rings (SSSR count). The van der Waals surface area contributed by atoms with E-state index in [1.54, 1.807) is 0 Å². The van der Waals surface area contributed by atoms with Crippen LogP contribution in [0.3, 0.4) is 0 Å². The molecular formula is C8H8N6O2. The van der Waals surface area contributed by atoms with Crippen LogP contribution in [0.25, 0.3) is 11.2 Å². The monoisotopic (exact) mass is 220 g/mol. The van der Waals surface area contributed by atoms with Gasteiger partial charge in [-0.05, 0) is 0 Å². The summed E-state index contributed by atoms with van der Waals surface area (Å²) in [7, 11) is 0. The second-order valence-electron chi connectivity index (χ2n) is 2.47. The average molecular weight is 220 g/mol. The van der Waals surface area contributed by atoms with Gasteiger partial charge in [0.2, 0.25) is 5.95 Å². The molecule has 2 aromatic heterocycles. The van der Waals surface area contributed by atoms with Crippen molar-refractivity contribution >= 4 is 35.5 Å². The molecule has 0 fully saturated rings. The van der Waals surface area contributed by atoms with Gasteiger partial charge in [0.15, 0.2) is 24.0 Å². The number of aromatic nitrogens is 4. The Hall–Kier alpha value is -2.64. The van der Waals surface area contributed by atoms with Crippen molar-refractivity contribution in [3.05, 3.63) is 12.4 Å². The number of carbonyl (C=O) groups is 2. The molecule has 2 heterocycles. The number of nitrogens with two attached hydrogens (primary N) is 2. The van der Waals surface area contributed by atoms with Crippen molar-refractivity contribution < 1.29 is 9.59 Å². The smallest absolute Gasteiger partial charge is 0.224 e. The fourth-order valence-electron chi connectivity index (χ4n) is 0.903. The first-order valence-electron chi connectivity index (χ1n) is 4.07. The van der Waals surface area contributed by atoms with Gasteiger partial charge in [-0.1, -0.05) is 0 Å². The Labute approximate surface area is 89.7 Å². The summed E-state index contributed by atoms with van der Waals surface area (Å²) in [6, 6.07) is 0. The molecular weight excluding hydrogens is 212 g/mol. The number of rotatable bonds is 1. The Bertz CT molecular complexity index is 509. The Morgan fingerprint density at radius 2 is 1.62 bits per heavy atom. The lowest BCUT2D eigenvalue weighted by Gasteiger charge is -1.98. The van der Waals surface area contributed by atoms with E-state index in [4.69, 9.17) is 21.1 Å². The summed E-state index contributed by atoms with van der Waals surface area (Å²) in [6.07, 6.45) is 3.44. The topological polar surface area (TPSA) is 138 Å². The van der Waals surface area contributed by atoms with Crippen LogP contribution in [0.4, 0.5) is 11.8 Å². The quantitative estimate of drug-likeness (QED) is 0.459. The second kappa shape index (κ2) is 5.29. The van der Waals surface area contributed by atoms with Gasteiger partial charge in [-0.15, -0.1) is 0 Å². The van der Waals surface area contributed by atoms with E-state index < -0.39 is 0 Å². The van der Waals surface area contributed by atoms with Gasteiger partial charge in [0.25, 0.3) is 0 Å². The summed E-state index contributed by atoms with van der Waals surface area (Å²) in [5, 5.41) is 0. The first-order valence-corrected chi connectivity index (χ1v) is 4.07. The number of hydrogen-bond acceptors (Lipinski definition) is 8. The van der Waals surface area contributed by atoms with Gasteiger partial charge >= 0.3 is 0 Å². The van der Waals surface area contributed by atoms with E-state index in [0.717, 1.165) is 0 Å². The van der Waals surface area contributed by atoms with Crippen LogP contribution < -0.4 is 11.5 Å². The lowest BCUT2D eigenvalue weighted by atomic mass is 10.5. The van der Waals surface area contributed by atoms with Crippen molar-refractivity contribution in [1.82, 2.24) is 19.9 Å². The lowest BCUT2D eigenvalue weighted by Crippen LogP contribution is -2.02. The predicted molar refractivity (Wildman–Crippen MR) is 56.1 cm³/mol. The van der Waals surface area contributed by atoms with E-state index in [9.17, 15) is 0 Å². The summed E-state index contributed by atoms with van der Waals surface area (Å²) >= 11 is 0. The molecule has 82 valence electrons. The van der Waals surface area contributed by atoms with Crippen molar-refractivity contribution in [2.24, 2.45) is 0 Å². The molecule has 8 heteroatoms. The van der Waals surface area contributed by atoms with Crippen molar-refractivity contribution in [1.29, 1.82) is 0 Å². The first-order chi connectivity index (χ1) is 7.69. The zero-order valence-corrected chi connectivity index (χ0v) is 8.07. The number of nitrogens with zero attached hydrogens (tertiary/aromatic N) is 4. The molecule has 4 N–H and O–H groups in total. The van der Waals surface area contributed by atoms with Gasteiger partial charge in [0.1, 0.15) is 5.52 Å². The first kappa shape index (κ1) is 11.4. The highest BCUT2D eigenvalue weighted by Crippen LogP contribution is 2.11. The minimum Gasteiger partial charge on any atom is -0.382 e. The molecule has 0 amide bonds. The Balaban J connectivity index is 0.000000280. The lowest BCUT2D eigenvalue weighted by molar-refractivity contribution is -0.122. The van der Waals surface area contributed by atoms with Crippen molar-refractivity contribution in [3.63, 3.8) is 0 Å². The summed E-state index contributed by atoms with van der Waals surface area (Å²) in [5.74, 6) is 0.367. The maximum atomic E-state index is 8.81. The van der Waals surface area contributed by atoms with E-state index in [1.165, 1.54) is 12.4 Å².